The first kappa shape index (κ1) is 17.6. The molecule has 1 aromatic carbocycles. The predicted molar refractivity (Wildman–Crippen MR) is 93.4 cm³/mol. The van der Waals surface area contributed by atoms with E-state index in [1.807, 2.05) is 38.1 Å². The van der Waals surface area contributed by atoms with Gasteiger partial charge in [0.1, 0.15) is 10.5 Å². The van der Waals surface area contributed by atoms with E-state index in [-0.39, 0.29) is 12.3 Å². The summed E-state index contributed by atoms with van der Waals surface area (Å²) in [6, 6.07) is 7.49. The van der Waals surface area contributed by atoms with E-state index in [0.717, 1.165) is 29.1 Å². The number of rotatable bonds is 8. The summed E-state index contributed by atoms with van der Waals surface area (Å²) >= 11 is 1.47. The Morgan fingerprint density at radius 2 is 1.87 bits per heavy atom. The molecule has 0 aliphatic rings. The number of anilines is 1. The van der Waals surface area contributed by atoms with Crippen molar-refractivity contribution in [1.82, 2.24) is 10.2 Å². The lowest BCUT2D eigenvalue weighted by atomic mass is 9.89. The second-order valence-corrected chi connectivity index (χ2v) is 6.60. The van der Waals surface area contributed by atoms with E-state index >= 15 is 0 Å². The molecule has 1 amide bonds. The molecule has 0 bridgehead atoms. The molecule has 0 saturated carbocycles. The van der Waals surface area contributed by atoms with Gasteiger partial charge in [-0.2, -0.15) is 0 Å². The molecule has 0 spiro atoms. The van der Waals surface area contributed by atoms with E-state index in [1.54, 1.807) is 5.51 Å². The largest absolute Gasteiger partial charge is 0.389 e. The van der Waals surface area contributed by atoms with Crippen molar-refractivity contribution in [3.05, 3.63) is 29.8 Å². The first-order valence-corrected chi connectivity index (χ1v) is 8.83. The van der Waals surface area contributed by atoms with Crippen molar-refractivity contribution >= 4 is 22.9 Å². The topological polar surface area (TPSA) is 75.1 Å². The Kier molecular flexibility index (Phi) is 6.24. The fraction of sp³-hybridized carbons (Fsp3) is 0.471. The number of hydrogen-bond acceptors (Lipinski definition) is 5. The van der Waals surface area contributed by atoms with Crippen LogP contribution in [0.5, 0.6) is 0 Å². The Labute approximate surface area is 140 Å². The number of nitrogens with zero attached hydrogens (tertiary/aromatic N) is 2. The van der Waals surface area contributed by atoms with Crippen LogP contribution in [0.2, 0.25) is 0 Å². The van der Waals surface area contributed by atoms with Gasteiger partial charge < -0.3 is 10.4 Å². The lowest BCUT2D eigenvalue weighted by Gasteiger charge is -2.26. The lowest BCUT2D eigenvalue weighted by molar-refractivity contribution is -0.121. The fourth-order valence-corrected chi connectivity index (χ4v) is 3.29. The molecular weight excluding hydrogens is 310 g/mol. The minimum Gasteiger partial charge on any atom is -0.389 e. The van der Waals surface area contributed by atoms with Crippen LogP contribution in [0.3, 0.4) is 0 Å². The number of amides is 1. The molecule has 2 aromatic rings. The second-order valence-electron chi connectivity index (χ2n) is 5.77. The number of nitrogens with one attached hydrogen (secondary N) is 1. The van der Waals surface area contributed by atoms with Gasteiger partial charge in [-0.3, -0.25) is 4.79 Å². The van der Waals surface area contributed by atoms with Crippen LogP contribution in [0.25, 0.3) is 10.6 Å². The third kappa shape index (κ3) is 5.11. The molecule has 1 aromatic heterocycles. The highest BCUT2D eigenvalue weighted by molar-refractivity contribution is 7.12. The van der Waals surface area contributed by atoms with Crippen LogP contribution in [0.1, 0.15) is 46.0 Å². The van der Waals surface area contributed by atoms with E-state index in [9.17, 15) is 9.90 Å². The molecule has 2 rings (SSSR count). The summed E-state index contributed by atoms with van der Waals surface area (Å²) in [5.74, 6) is -0.155. The van der Waals surface area contributed by atoms with Crippen molar-refractivity contribution in [3.8, 4) is 10.6 Å². The van der Waals surface area contributed by atoms with Crippen LogP contribution in [-0.4, -0.2) is 26.8 Å². The third-order valence-corrected chi connectivity index (χ3v) is 4.44. The SMILES string of the molecule is CCCC(O)(CCC)CC(=O)Nc1ccc(-c2nncs2)cc1. The highest BCUT2D eigenvalue weighted by Crippen LogP contribution is 2.25. The molecule has 6 heteroatoms. The number of carbonyl (C=O) groups is 1. The quantitative estimate of drug-likeness (QED) is 0.769. The maximum atomic E-state index is 12.2. The molecule has 1 heterocycles. The van der Waals surface area contributed by atoms with Gasteiger partial charge in [0.25, 0.3) is 0 Å². The Hall–Kier alpha value is -1.79. The first-order valence-electron chi connectivity index (χ1n) is 7.95. The molecule has 0 aliphatic carbocycles. The van der Waals surface area contributed by atoms with Gasteiger partial charge >= 0.3 is 0 Å². The van der Waals surface area contributed by atoms with Crippen LogP contribution in [0.15, 0.2) is 29.8 Å². The van der Waals surface area contributed by atoms with E-state index in [1.165, 1.54) is 11.3 Å². The Morgan fingerprint density at radius 1 is 1.22 bits per heavy atom. The molecule has 124 valence electrons. The molecule has 0 saturated heterocycles. The van der Waals surface area contributed by atoms with Crippen LogP contribution < -0.4 is 5.32 Å². The summed E-state index contributed by atoms with van der Waals surface area (Å²) < 4.78 is 0. The van der Waals surface area contributed by atoms with Gasteiger partial charge in [-0.05, 0) is 37.1 Å². The standard InChI is InChI=1S/C17H23N3O2S/c1-3-9-17(22,10-4-2)11-15(21)19-14-7-5-13(6-8-14)16-20-18-12-23-16/h5-8,12,22H,3-4,9-11H2,1-2H3,(H,19,21). The highest BCUT2D eigenvalue weighted by atomic mass is 32.1. The molecule has 5 nitrogen and oxygen atoms in total. The first-order chi connectivity index (χ1) is 11.1. The van der Waals surface area contributed by atoms with Crippen molar-refractivity contribution in [2.24, 2.45) is 0 Å². The zero-order chi connectivity index (χ0) is 16.7. The second kappa shape index (κ2) is 8.17. The Balaban J connectivity index is 1.97. The minimum atomic E-state index is -0.903. The van der Waals surface area contributed by atoms with Crippen LogP contribution in [0, 0.1) is 0 Å². The van der Waals surface area contributed by atoms with Crippen molar-refractivity contribution in [1.29, 1.82) is 0 Å². The van der Waals surface area contributed by atoms with Gasteiger partial charge in [0, 0.05) is 11.3 Å². The number of hydrogen-bond donors (Lipinski definition) is 2. The smallest absolute Gasteiger partial charge is 0.227 e. The summed E-state index contributed by atoms with van der Waals surface area (Å²) in [7, 11) is 0. The van der Waals surface area contributed by atoms with Crippen molar-refractivity contribution < 1.29 is 9.90 Å². The molecule has 0 atom stereocenters. The zero-order valence-electron chi connectivity index (χ0n) is 13.6. The van der Waals surface area contributed by atoms with E-state index < -0.39 is 5.60 Å². The summed E-state index contributed by atoms with van der Waals surface area (Å²) in [4.78, 5) is 12.2. The summed E-state index contributed by atoms with van der Waals surface area (Å²) in [5.41, 5.74) is 2.48. The highest BCUT2D eigenvalue weighted by Gasteiger charge is 2.28. The fourth-order valence-electron chi connectivity index (χ4n) is 2.73. The van der Waals surface area contributed by atoms with Gasteiger partial charge in [0.05, 0.1) is 12.0 Å². The van der Waals surface area contributed by atoms with Crippen LogP contribution in [-0.2, 0) is 4.79 Å². The van der Waals surface area contributed by atoms with E-state index in [4.69, 9.17) is 0 Å². The maximum absolute atomic E-state index is 12.2. The number of aliphatic hydroxyl groups is 1. The van der Waals surface area contributed by atoms with Crippen molar-refractivity contribution in [2.45, 2.75) is 51.6 Å². The summed E-state index contributed by atoms with van der Waals surface area (Å²) in [6.45, 7) is 4.04. The van der Waals surface area contributed by atoms with Crippen LogP contribution >= 0.6 is 11.3 Å². The molecule has 0 unspecified atom stereocenters. The summed E-state index contributed by atoms with van der Waals surface area (Å²) in [5, 5.41) is 22.1. The van der Waals surface area contributed by atoms with Gasteiger partial charge in [-0.1, -0.05) is 38.0 Å². The molecular formula is C17H23N3O2S. The Bertz CT molecular complexity index is 605. The number of benzene rings is 1. The van der Waals surface area contributed by atoms with Gasteiger partial charge in [-0.25, -0.2) is 0 Å². The third-order valence-electron chi connectivity index (χ3n) is 3.70. The number of aromatic nitrogens is 2. The minimum absolute atomic E-state index is 0.132. The summed E-state index contributed by atoms with van der Waals surface area (Å²) in [6.07, 6.45) is 3.14. The molecule has 0 fully saturated rings. The van der Waals surface area contributed by atoms with E-state index in [0.29, 0.717) is 12.8 Å². The van der Waals surface area contributed by atoms with Gasteiger partial charge in [0.15, 0.2) is 0 Å². The van der Waals surface area contributed by atoms with Gasteiger partial charge in [-0.15, -0.1) is 10.2 Å². The molecule has 0 aliphatic heterocycles. The van der Waals surface area contributed by atoms with Gasteiger partial charge in [0.2, 0.25) is 5.91 Å². The predicted octanol–water partition coefficient (Wildman–Crippen LogP) is 3.87. The number of carbonyl (C=O) groups excluding carboxylic acids is 1. The zero-order valence-corrected chi connectivity index (χ0v) is 14.4. The van der Waals surface area contributed by atoms with Crippen molar-refractivity contribution in [2.75, 3.05) is 5.32 Å². The lowest BCUT2D eigenvalue weighted by Crippen LogP contribution is -2.33. The molecule has 0 radical (unpaired) electrons. The Morgan fingerprint density at radius 3 is 2.39 bits per heavy atom. The van der Waals surface area contributed by atoms with E-state index in [2.05, 4.69) is 15.5 Å². The molecule has 23 heavy (non-hydrogen) atoms. The maximum Gasteiger partial charge on any atom is 0.227 e. The normalized spacial score (nSPS) is 11.4. The average molecular weight is 333 g/mol. The monoisotopic (exact) mass is 333 g/mol. The molecule has 2 N–H and O–H groups in total. The van der Waals surface area contributed by atoms with Crippen LogP contribution in [0.4, 0.5) is 5.69 Å². The van der Waals surface area contributed by atoms with Crippen molar-refractivity contribution in [3.63, 3.8) is 0 Å². The average Bonchev–Trinajstić information content (AvgIpc) is 3.02.